The summed E-state index contributed by atoms with van der Waals surface area (Å²) in [6.45, 7) is 3.10. The van der Waals surface area contributed by atoms with E-state index in [1.807, 2.05) is 0 Å². The summed E-state index contributed by atoms with van der Waals surface area (Å²) in [5.74, 6) is 2.35. The van der Waals surface area contributed by atoms with Crippen LogP contribution in [0.1, 0.15) is 38.5 Å². The van der Waals surface area contributed by atoms with Crippen LogP contribution in [0.3, 0.4) is 0 Å². The van der Waals surface area contributed by atoms with Crippen LogP contribution in [0.5, 0.6) is 0 Å². The second-order valence-electron chi connectivity index (χ2n) is 5.50. The molecule has 1 aliphatic carbocycles. The Morgan fingerprint density at radius 1 is 1.24 bits per heavy atom. The van der Waals surface area contributed by atoms with Gasteiger partial charge in [0.25, 0.3) is 0 Å². The maximum absolute atomic E-state index is 5.37. The summed E-state index contributed by atoms with van der Waals surface area (Å²) < 4.78 is 5.37. The molecule has 2 heterocycles. The van der Waals surface area contributed by atoms with Crippen molar-refractivity contribution >= 4 is 0 Å². The zero-order valence-electron chi connectivity index (χ0n) is 12.3. The minimum atomic E-state index is 0.419. The Balaban J connectivity index is 1.70. The lowest BCUT2D eigenvalue weighted by atomic mass is 9.95. The van der Waals surface area contributed by atoms with Crippen molar-refractivity contribution in [2.45, 2.75) is 45.1 Å². The Bertz CT molecular complexity index is 550. The molecule has 6 nitrogen and oxygen atoms in total. The molecule has 1 fully saturated rings. The lowest BCUT2D eigenvalue weighted by molar-refractivity contribution is 0.311. The van der Waals surface area contributed by atoms with E-state index in [2.05, 4.69) is 32.3 Å². The van der Waals surface area contributed by atoms with Crippen molar-refractivity contribution in [2.24, 2.45) is 5.92 Å². The molecule has 3 rings (SSSR count). The minimum absolute atomic E-state index is 0.419. The SMILES string of the molecule is CCNC(Cc1nc(-c2ncccn2)no1)C1CCCC1. The lowest BCUT2D eigenvalue weighted by Gasteiger charge is -2.22. The zero-order valence-corrected chi connectivity index (χ0v) is 12.3. The maximum Gasteiger partial charge on any atom is 0.240 e. The van der Waals surface area contributed by atoms with Gasteiger partial charge in [0.05, 0.1) is 0 Å². The summed E-state index contributed by atoms with van der Waals surface area (Å²) in [7, 11) is 0. The minimum Gasteiger partial charge on any atom is -0.339 e. The van der Waals surface area contributed by atoms with Crippen molar-refractivity contribution < 1.29 is 4.52 Å². The molecule has 1 N–H and O–H groups in total. The van der Waals surface area contributed by atoms with Crippen LogP contribution in [-0.4, -0.2) is 32.7 Å². The number of rotatable bonds is 6. The highest BCUT2D eigenvalue weighted by atomic mass is 16.5. The topological polar surface area (TPSA) is 76.7 Å². The lowest BCUT2D eigenvalue weighted by Crippen LogP contribution is -2.37. The first kappa shape index (κ1) is 14.1. The summed E-state index contributed by atoms with van der Waals surface area (Å²) in [6, 6.07) is 2.19. The molecule has 0 aromatic carbocycles. The molecule has 0 radical (unpaired) electrons. The Morgan fingerprint density at radius 3 is 2.71 bits per heavy atom. The fourth-order valence-corrected chi connectivity index (χ4v) is 3.06. The van der Waals surface area contributed by atoms with Gasteiger partial charge in [0.1, 0.15) is 0 Å². The first-order valence-corrected chi connectivity index (χ1v) is 7.70. The third kappa shape index (κ3) is 3.44. The Hall–Kier alpha value is -1.82. The van der Waals surface area contributed by atoms with Crippen LogP contribution < -0.4 is 5.32 Å². The molecule has 112 valence electrons. The van der Waals surface area contributed by atoms with E-state index in [-0.39, 0.29) is 0 Å². The van der Waals surface area contributed by atoms with Crippen LogP contribution >= 0.6 is 0 Å². The highest BCUT2D eigenvalue weighted by molar-refractivity contribution is 5.40. The smallest absolute Gasteiger partial charge is 0.240 e. The van der Waals surface area contributed by atoms with E-state index >= 15 is 0 Å². The van der Waals surface area contributed by atoms with Crippen LogP contribution in [0.15, 0.2) is 23.0 Å². The molecule has 0 spiro atoms. The molecule has 1 atom stereocenters. The molecule has 0 saturated heterocycles. The van der Waals surface area contributed by atoms with Crippen LogP contribution in [0, 0.1) is 5.92 Å². The Morgan fingerprint density at radius 2 is 2.00 bits per heavy atom. The number of likely N-dealkylation sites (N-methyl/N-ethyl adjacent to an activating group) is 1. The van der Waals surface area contributed by atoms with Gasteiger partial charge in [-0.3, -0.25) is 0 Å². The van der Waals surface area contributed by atoms with Gasteiger partial charge in [-0.1, -0.05) is 24.9 Å². The van der Waals surface area contributed by atoms with E-state index in [0.717, 1.165) is 13.0 Å². The molecule has 6 heteroatoms. The molecule has 0 aliphatic heterocycles. The molecular weight excluding hydrogens is 266 g/mol. The van der Waals surface area contributed by atoms with E-state index in [1.54, 1.807) is 18.5 Å². The van der Waals surface area contributed by atoms with Crippen molar-refractivity contribution in [3.63, 3.8) is 0 Å². The first-order valence-electron chi connectivity index (χ1n) is 7.70. The quantitative estimate of drug-likeness (QED) is 0.878. The average Bonchev–Trinajstić information content (AvgIpc) is 3.19. The molecular formula is C15H21N5O. The summed E-state index contributed by atoms with van der Waals surface area (Å²) in [5.41, 5.74) is 0. The Kier molecular flexibility index (Phi) is 4.55. The van der Waals surface area contributed by atoms with Crippen molar-refractivity contribution in [2.75, 3.05) is 6.54 Å². The predicted molar refractivity (Wildman–Crippen MR) is 78.5 cm³/mol. The standard InChI is InChI=1S/C15H21N5O/c1-2-16-12(11-6-3-4-7-11)10-13-19-15(20-21-13)14-17-8-5-9-18-14/h5,8-9,11-12,16H,2-4,6-7,10H2,1H3. The van der Waals surface area contributed by atoms with Gasteiger partial charge in [0, 0.05) is 24.9 Å². The molecule has 1 aliphatic rings. The molecule has 0 bridgehead atoms. The average molecular weight is 287 g/mol. The second-order valence-corrected chi connectivity index (χ2v) is 5.50. The van der Waals surface area contributed by atoms with E-state index < -0.39 is 0 Å². The van der Waals surface area contributed by atoms with Gasteiger partial charge in [-0.2, -0.15) is 4.98 Å². The number of hydrogen-bond acceptors (Lipinski definition) is 6. The van der Waals surface area contributed by atoms with Crippen molar-refractivity contribution in [3.05, 3.63) is 24.4 Å². The maximum atomic E-state index is 5.37. The van der Waals surface area contributed by atoms with E-state index in [4.69, 9.17) is 4.52 Å². The molecule has 2 aromatic heterocycles. The Labute approximate surface area is 124 Å². The molecule has 0 amide bonds. The van der Waals surface area contributed by atoms with Crippen LogP contribution in [0.25, 0.3) is 11.6 Å². The van der Waals surface area contributed by atoms with Gasteiger partial charge in [-0.15, -0.1) is 0 Å². The summed E-state index contributed by atoms with van der Waals surface area (Å²) in [5, 5.41) is 7.55. The molecule has 1 unspecified atom stereocenters. The van der Waals surface area contributed by atoms with Gasteiger partial charge >= 0.3 is 0 Å². The normalized spacial score (nSPS) is 17.2. The van der Waals surface area contributed by atoms with Gasteiger partial charge in [0.2, 0.25) is 17.5 Å². The predicted octanol–water partition coefficient (Wildman–Crippen LogP) is 2.24. The van der Waals surface area contributed by atoms with Crippen molar-refractivity contribution in [1.29, 1.82) is 0 Å². The van der Waals surface area contributed by atoms with E-state index in [0.29, 0.717) is 29.5 Å². The molecule has 1 saturated carbocycles. The highest BCUT2D eigenvalue weighted by Crippen LogP contribution is 2.29. The zero-order chi connectivity index (χ0) is 14.5. The number of hydrogen-bond donors (Lipinski definition) is 1. The van der Waals surface area contributed by atoms with Gasteiger partial charge in [-0.25, -0.2) is 9.97 Å². The van der Waals surface area contributed by atoms with Crippen molar-refractivity contribution in [1.82, 2.24) is 25.4 Å². The number of nitrogens with one attached hydrogen (secondary N) is 1. The fraction of sp³-hybridized carbons (Fsp3) is 0.600. The molecule has 2 aromatic rings. The highest BCUT2D eigenvalue weighted by Gasteiger charge is 2.26. The summed E-state index contributed by atoms with van der Waals surface area (Å²) >= 11 is 0. The van der Waals surface area contributed by atoms with Crippen molar-refractivity contribution in [3.8, 4) is 11.6 Å². The first-order chi connectivity index (χ1) is 10.4. The van der Waals surface area contributed by atoms with Crippen LogP contribution in [-0.2, 0) is 6.42 Å². The third-order valence-corrected chi connectivity index (χ3v) is 4.06. The van der Waals surface area contributed by atoms with Gasteiger partial charge < -0.3 is 9.84 Å². The fourth-order valence-electron chi connectivity index (χ4n) is 3.06. The molecule has 21 heavy (non-hydrogen) atoms. The number of aromatic nitrogens is 4. The number of nitrogens with zero attached hydrogens (tertiary/aromatic N) is 4. The summed E-state index contributed by atoms with van der Waals surface area (Å²) in [6.07, 6.45) is 9.38. The van der Waals surface area contributed by atoms with Gasteiger partial charge in [0.15, 0.2) is 0 Å². The van der Waals surface area contributed by atoms with Gasteiger partial charge in [-0.05, 0) is 31.4 Å². The second kappa shape index (κ2) is 6.76. The summed E-state index contributed by atoms with van der Waals surface area (Å²) in [4.78, 5) is 12.7. The third-order valence-electron chi connectivity index (χ3n) is 4.06. The largest absolute Gasteiger partial charge is 0.339 e. The monoisotopic (exact) mass is 287 g/mol. The van der Waals surface area contributed by atoms with E-state index in [1.165, 1.54) is 25.7 Å². The van der Waals surface area contributed by atoms with Crippen LogP contribution in [0.2, 0.25) is 0 Å². The van der Waals surface area contributed by atoms with E-state index in [9.17, 15) is 0 Å². The van der Waals surface area contributed by atoms with Crippen LogP contribution in [0.4, 0.5) is 0 Å².